The van der Waals surface area contributed by atoms with E-state index in [0.29, 0.717) is 24.0 Å². The Labute approximate surface area is 600 Å². The summed E-state index contributed by atoms with van der Waals surface area (Å²) in [7, 11) is 0. The minimum Gasteiger partial charge on any atom is -0.352 e. The average molecular weight is 1370 g/mol. The second-order valence-corrected chi connectivity index (χ2v) is 29.6. The molecule has 99 heavy (non-hydrogen) atoms. The molecule has 0 radical (unpaired) electrons. The number of aryl methyl sites for hydroxylation is 4. The molecule has 12 nitrogen and oxygen atoms in total. The van der Waals surface area contributed by atoms with Gasteiger partial charge in [-0.1, -0.05) is 220 Å². The van der Waals surface area contributed by atoms with Crippen LogP contribution >= 0.6 is 11.6 Å². The Morgan fingerprint density at radius 2 is 0.788 bits per heavy atom. The predicted molar refractivity (Wildman–Crippen MR) is 416 cm³/mol. The van der Waals surface area contributed by atoms with Crippen molar-refractivity contribution in [1.29, 1.82) is 0 Å². The Balaban J connectivity index is 0.000000173. The number of amides is 3. The molecule has 13 heteroatoms. The molecule has 5 aromatic carbocycles. The highest BCUT2D eigenvalue weighted by Gasteiger charge is 2.24. The molecule has 8 aromatic rings. The van der Waals surface area contributed by atoms with Crippen molar-refractivity contribution in [2.45, 2.75) is 216 Å². The van der Waals surface area contributed by atoms with Crippen LogP contribution in [0.5, 0.6) is 0 Å². The number of carbonyl (C=O) groups is 3. The first-order valence-electron chi connectivity index (χ1n) is 39.0. The molecule has 0 aliphatic carbocycles. The van der Waals surface area contributed by atoms with E-state index in [9.17, 15) is 14.4 Å². The number of likely N-dealkylation sites (tertiary alicyclic amines) is 3. The zero-order valence-corrected chi connectivity index (χ0v) is 62.3. The summed E-state index contributed by atoms with van der Waals surface area (Å²) in [5.74, 6) is 3.44. The maximum atomic E-state index is 13.1. The number of para-hydroxylation sites is 3. The Bertz CT molecular complexity index is 3520. The Morgan fingerprint density at radius 3 is 1.15 bits per heavy atom. The number of benzene rings is 5. The van der Waals surface area contributed by atoms with Crippen LogP contribution in [0.15, 0.2) is 140 Å². The lowest BCUT2D eigenvalue weighted by Gasteiger charge is -2.32. The van der Waals surface area contributed by atoms with E-state index in [1.165, 1.54) is 166 Å². The number of rotatable bonds is 34. The molecule has 3 saturated heterocycles. The second-order valence-electron chi connectivity index (χ2n) is 29.2. The standard InChI is InChI=1S/C29H39N3O.C29H47N3O.C28H36ClN3O/c1-3-4-10-24-14-18-31(19-15-24)16-8-17-32-22-27(26-12-5-6-13-28(26)32)29(33)30-21-25-11-7-9-23(2)20-25;1-4-7-12-24(6-3)22-30-29(33)27-23-32(28-15-10-9-14-26(27)28)19-11-18-31-20-16-25(17-21-31)13-8-5-2;1-2-3-8-22-13-17-31(18-14-22)15-7-16-32-21-26(25-11-4-5-12-27(25)32)28(33)30-20-23-9-6-10-24(29)19-23/h5-7,9,11-13,20,22,24H,3-4,8,10,14-19,21H2,1-2H3,(H,30,33);9-10,14-15,23-25H,4-8,11-13,16-22H2,1-3H3,(H,30,33);4-6,9-12,19,21-22H,2-3,7-8,13-18,20H2,1H3,(H,30,33). The van der Waals surface area contributed by atoms with Crippen molar-refractivity contribution in [3.05, 3.63) is 178 Å². The number of nitrogens with one attached hydrogen (secondary N) is 3. The van der Waals surface area contributed by atoms with Gasteiger partial charge in [0.25, 0.3) is 17.7 Å². The zero-order valence-electron chi connectivity index (χ0n) is 61.5. The maximum absolute atomic E-state index is 13.1. The van der Waals surface area contributed by atoms with Gasteiger partial charge in [0.1, 0.15) is 0 Å². The van der Waals surface area contributed by atoms with Crippen molar-refractivity contribution in [2.24, 2.45) is 23.7 Å². The minimum absolute atomic E-state index is 0.000563. The molecule has 11 rings (SSSR count). The summed E-state index contributed by atoms with van der Waals surface area (Å²) in [4.78, 5) is 47.0. The van der Waals surface area contributed by atoms with Gasteiger partial charge in [-0.25, -0.2) is 0 Å². The van der Waals surface area contributed by atoms with Gasteiger partial charge in [0, 0.05) is 95.6 Å². The topological polar surface area (TPSA) is 112 Å². The molecule has 536 valence electrons. The fourth-order valence-electron chi connectivity index (χ4n) is 15.5. The van der Waals surface area contributed by atoms with Gasteiger partial charge in [0.15, 0.2) is 0 Å². The van der Waals surface area contributed by atoms with Crippen LogP contribution in [0.3, 0.4) is 0 Å². The minimum atomic E-state index is -0.0425. The van der Waals surface area contributed by atoms with Crippen LogP contribution in [-0.2, 0) is 32.7 Å². The SMILES string of the molecule is CCCCC1CCN(CCCn2cc(C(=O)NCC(CC)CCCC)c3ccccc32)CC1.CCCCC1CCN(CCCn2cc(C(=O)NCc3cccc(C)c3)c3ccccc32)CC1.CCCCC1CCN(CCCn2cc(C(=O)NCc3cccc(Cl)c3)c3ccccc32)CC1. The summed E-state index contributed by atoms with van der Waals surface area (Å²) in [5, 5.41) is 13.2. The molecule has 3 aromatic heterocycles. The first kappa shape index (κ1) is 76.5. The summed E-state index contributed by atoms with van der Waals surface area (Å²) >= 11 is 6.07. The van der Waals surface area contributed by atoms with Gasteiger partial charge in [-0.2, -0.15) is 0 Å². The number of aromatic nitrogens is 3. The van der Waals surface area contributed by atoms with E-state index >= 15 is 0 Å². The van der Waals surface area contributed by atoms with Crippen LogP contribution in [-0.4, -0.2) is 112 Å². The van der Waals surface area contributed by atoms with Crippen LogP contribution in [0.4, 0.5) is 0 Å². The summed E-state index contributed by atoms with van der Waals surface area (Å²) in [6.07, 6.45) is 34.8. The first-order chi connectivity index (χ1) is 48.4. The average Bonchev–Trinajstić information content (AvgIpc) is 1.67. The first-order valence-corrected chi connectivity index (χ1v) is 39.4. The highest BCUT2D eigenvalue weighted by Crippen LogP contribution is 2.29. The van der Waals surface area contributed by atoms with Gasteiger partial charge in [0.05, 0.1) is 16.7 Å². The smallest absolute Gasteiger partial charge is 0.253 e. The van der Waals surface area contributed by atoms with E-state index < -0.39 is 0 Å². The van der Waals surface area contributed by atoms with E-state index in [1.54, 1.807) is 0 Å². The van der Waals surface area contributed by atoms with Crippen molar-refractivity contribution in [1.82, 2.24) is 44.4 Å². The van der Waals surface area contributed by atoms with E-state index in [0.717, 1.165) is 144 Å². The molecule has 3 aliphatic heterocycles. The summed E-state index contributed by atoms with van der Waals surface area (Å²) < 4.78 is 6.81. The largest absolute Gasteiger partial charge is 0.352 e. The number of carbonyl (C=O) groups excluding carboxylic acids is 3. The highest BCUT2D eigenvalue weighted by molar-refractivity contribution is 6.30. The van der Waals surface area contributed by atoms with Crippen LogP contribution in [0.25, 0.3) is 32.7 Å². The van der Waals surface area contributed by atoms with Crippen molar-refractivity contribution in [3.63, 3.8) is 0 Å². The molecule has 1 unspecified atom stereocenters. The zero-order chi connectivity index (χ0) is 69.6. The Kier molecular flexibility index (Phi) is 31.9. The number of halogens is 1. The number of unbranched alkanes of at least 4 members (excludes halogenated alkanes) is 4. The monoisotopic (exact) mass is 1360 g/mol. The molecule has 0 spiro atoms. The summed E-state index contributed by atoms with van der Waals surface area (Å²) in [5.41, 5.74) is 9.14. The quantitative estimate of drug-likeness (QED) is 0.0370. The lowest BCUT2D eigenvalue weighted by atomic mass is 9.91. The lowest BCUT2D eigenvalue weighted by molar-refractivity contribution is 0.0940. The second kappa shape index (κ2) is 41.3. The van der Waals surface area contributed by atoms with Gasteiger partial charge in [-0.15, -0.1) is 0 Å². The predicted octanol–water partition coefficient (Wildman–Crippen LogP) is 19.6. The van der Waals surface area contributed by atoms with Gasteiger partial charge in [0.2, 0.25) is 0 Å². The van der Waals surface area contributed by atoms with Gasteiger partial charge in [-0.05, 0) is 195 Å². The number of piperidine rings is 3. The molecule has 1 atom stereocenters. The molecule has 3 fully saturated rings. The number of hydrogen-bond acceptors (Lipinski definition) is 6. The van der Waals surface area contributed by atoms with Crippen molar-refractivity contribution < 1.29 is 14.4 Å². The number of fused-ring (bicyclic) bond motifs is 3. The van der Waals surface area contributed by atoms with E-state index in [-0.39, 0.29) is 17.7 Å². The Morgan fingerprint density at radius 1 is 0.424 bits per heavy atom. The number of hydrogen-bond donors (Lipinski definition) is 3. The third-order valence-corrected chi connectivity index (χ3v) is 21.9. The summed E-state index contributed by atoms with van der Waals surface area (Å²) in [6.45, 7) is 28.9. The molecule has 3 N–H and O–H groups in total. The van der Waals surface area contributed by atoms with Gasteiger partial charge in [-0.3, -0.25) is 14.4 Å². The van der Waals surface area contributed by atoms with Crippen molar-refractivity contribution in [3.8, 4) is 0 Å². The normalized spacial score (nSPS) is 15.6. The third kappa shape index (κ3) is 23.7. The van der Waals surface area contributed by atoms with Crippen LogP contribution in [0.1, 0.15) is 224 Å². The van der Waals surface area contributed by atoms with Crippen molar-refractivity contribution >= 4 is 62.0 Å². The summed E-state index contributed by atoms with van der Waals surface area (Å²) in [6, 6.07) is 40.8. The molecule has 6 heterocycles. The maximum Gasteiger partial charge on any atom is 0.253 e. The van der Waals surface area contributed by atoms with Crippen molar-refractivity contribution in [2.75, 3.05) is 65.4 Å². The van der Waals surface area contributed by atoms with Crippen LogP contribution < -0.4 is 16.0 Å². The van der Waals surface area contributed by atoms with Gasteiger partial charge >= 0.3 is 0 Å². The highest BCUT2D eigenvalue weighted by atomic mass is 35.5. The fraction of sp³-hybridized carbons (Fsp3) is 0.547. The van der Waals surface area contributed by atoms with Crippen LogP contribution in [0, 0.1) is 30.6 Å². The molecule has 0 saturated carbocycles. The third-order valence-electron chi connectivity index (χ3n) is 21.7. The molecule has 0 bridgehead atoms. The van der Waals surface area contributed by atoms with Gasteiger partial charge < -0.3 is 44.4 Å². The molecule has 3 amide bonds. The molecular formula is C86H122ClN9O3. The van der Waals surface area contributed by atoms with E-state index in [1.807, 2.05) is 73.1 Å². The molecule has 3 aliphatic rings. The van der Waals surface area contributed by atoms with Crippen LogP contribution in [0.2, 0.25) is 5.02 Å². The lowest BCUT2D eigenvalue weighted by Crippen LogP contribution is -2.34. The van der Waals surface area contributed by atoms with E-state index in [2.05, 4.69) is 153 Å². The fourth-order valence-corrected chi connectivity index (χ4v) is 15.7. The molecular weight excluding hydrogens is 1240 g/mol. The Hall–Kier alpha value is -6.70. The number of nitrogens with zero attached hydrogens (tertiary/aromatic N) is 6. The van der Waals surface area contributed by atoms with E-state index in [4.69, 9.17) is 11.6 Å².